The third-order valence-electron chi connectivity index (χ3n) is 4.03. The first kappa shape index (κ1) is 14.1. The van der Waals surface area contributed by atoms with Crippen molar-refractivity contribution in [3.63, 3.8) is 0 Å². The summed E-state index contributed by atoms with van der Waals surface area (Å²) in [6.07, 6.45) is -0.404. The molecule has 1 atom stereocenters. The van der Waals surface area contributed by atoms with Crippen molar-refractivity contribution in [3.05, 3.63) is 0 Å². The van der Waals surface area contributed by atoms with E-state index in [1.807, 2.05) is 4.90 Å². The first-order chi connectivity index (χ1) is 8.31. The maximum atomic E-state index is 12.7. The standard InChI is InChI=1S/C12H19F3N2S/c13-12(14,15)9-2-1-5-17(7-9)8-11(3-4-11)6-10(16)18/h9H,1-8H2,(H2,16,18). The van der Waals surface area contributed by atoms with Gasteiger partial charge in [-0.1, -0.05) is 12.2 Å². The third-order valence-corrected chi connectivity index (χ3v) is 4.18. The average molecular weight is 280 g/mol. The van der Waals surface area contributed by atoms with Crippen LogP contribution in [0.15, 0.2) is 0 Å². The molecule has 0 spiro atoms. The van der Waals surface area contributed by atoms with Crippen LogP contribution < -0.4 is 5.73 Å². The van der Waals surface area contributed by atoms with E-state index in [-0.39, 0.29) is 18.4 Å². The molecule has 2 aliphatic rings. The van der Waals surface area contributed by atoms with Crippen molar-refractivity contribution < 1.29 is 13.2 Å². The van der Waals surface area contributed by atoms with E-state index in [2.05, 4.69) is 0 Å². The molecule has 1 aliphatic heterocycles. The highest BCUT2D eigenvalue weighted by atomic mass is 32.1. The number of rotatable bonds is 4. The second kappa shape index (κ2) is 4.96. The van der Waals surface area contributed by atoms with Gasteiger partial charge >= 0.3 is 6.18 Å². The zero-order chi connectivity index (χ0) is 13.4. The highest BCUT2D eigenvalue weighted by Gasteiger charge is 2.47. The van der Waals surface area contributed by atoms with Crippen LogP contribution in [0.5, 0.6) is 0 Å². The van der Waals surface area contributed by atoms with Crippen LogP contribution in [0.25, 0.3) is 0 Å². The number of likely N-dealkylation sites (tertiary alicyclic amines) is 1. The van der Waals surface area contributed by atoms with Crippen molar-refractivity contribution >= 4 is 17.2 Å². The number of hydrogen-bond acceptors (Lipinski definition) is 2. The van der Waals surface area contributed by atoms with Gasteiger partial charge in [0.05, 0.1) is 10.9 Å². The summed E-state index contributed by atoms with van der Waals surface area (Å²) in [5.74, 6) is -1.16. The molecule has 1 unspecified atom stereocenters. The molecule has 2 fully saturated rings. The number of hydrogen-bond donors (Lipinski definition) is 1. The minimum atomic E-state index is -4.06. The summed E-state index contributed by atoms with van der Waals surface area (Å²) in [4.78, 5) is 2.43. The van der Waals surface area contributed by atoms with Crippen molar-refractivity contribution in [1.29, 1.82) is 0 Å². The lowest BCUT2D eigenvalue weighted by Crippen LogP contribution is -2.44. The topological polar surface area (TPSA) is 29.3 Å². The third kappa shape index (κ3) is 3.57. The molecule has 0 radical (unpaired) electrons. The molecule has 1 heterocycles. The highest BCUT2D eigenvalue weighted by molar-refractivity contribution is 7.80. The van der Waals surface area contributed by atoms with E-state index >= 15 is 0 Å². The molecule has 0 aromatic rings. The Hall–Kier alpha value is -0.360. The zero-order valence-corrected chi connectivity index (χ0v) is 11.1. The summed E-state index contributed by atoms with van der Waals surface area (Å²) in [6, 6.07) is 0. The molecule has 2 rings (SSSR count). The van der Waals surface area contributed by atoms with Crippen molar-refractivity contribution in [2.24, 2.45) is 17.1 Å². The van der Waals surface area contributed by atoms with Crippen molar-refractivity contribution in [2.45, 2.75) is 38.3 Å². The van der Waals surface area contributed by atoms with Crippen LogP contribution in [0.3, 0.4) is 0 Å². The summed E-state index contributed by atoms with van der Waals surface area (Å²) < 4.78 is 38.1. The number of alkyl halides is 3. The summed E-state index contributed by atoms with van der Waals surface area (Å²) in [6.45, 7) is 1.63. The Morgan fingerprint density at radius 1 is 1.39 bits per heavy atom. The van der Waals surface area contributed by atoms with E-state index in [4.69, 9.17) is 18.0 Å². The first-order valence-electron chi connectivity index (χ1n) is 6.38. The number of nitrogens with two attached hydrogens (primary N) is 1. The first-order valence-corrected chi connectivity index (χ1v) is 6.79. The predicted molar refractivity (Wildman–Crippen MR) is 68.3 cm³/mol. The molecule has 104 valence electrons. The van der Waals surface area contributed by atoms with Gasteiger partial charge in [0.1, 0.15) is 0 Å². The summed E-state index contributed by atoms with van der Waals surface area (Å²) in [7, 11) is 0. The van der Waals surface area contributed by atoms with Crippen LogP contribution in [0.4, 0.5) is 13.2 Å². The molecule has 0 amide bonds. The molecule has 18 heavy (non-hydrogen) atoms. The molecule has 0 aromatic carbocycles. The SMILES string of the molecule is NC(=S)CC1(CN2CCCC(C(F)(F)F)C2)CC1. The maximum absolute atomic E-state index is 12.7. The largest absolute Gasteiger partial charge is 0.393 e. The second-order valence-corrected chi connectivity index (χ2v) is 6.28. The van der Waals surface area contributed by atoms with Crippen LogP contribution in [0, 0.1) is 11.3 Å². The Bertz CT molecular complexity index is 326. The molecule has 1 saturated heterocycles. The summed E-state index contributed by atoms with van der Waals surface area (Å²) >= 11 is 4.91. The fraction of sp³-hybridized carbons (Fsp3) is 0.917. The Kier molecular flexibility index (Phi) is 3.88. The smallest absolute Gasteiger partial charge is 0.393 e. The fourth-order valence-corrected chi connectivity index (χ4v) is 3.18. The van der Waals surface area contributed by atoms with Gasteiger partial charge in [0, 0.05) is 19.5 Å². The van der Waals surface area contributed by atoms with Crippen molar-refractivity contribution in [2.75, 3.05) is 19.6 Å². The highest BCUT2D eigenvalue weighted by Crippen LogP contribution is 2.50. The van der Waals surface area contributed by atoms with E-state index in [0.717, 1.165) is 25.9 Å². The molecule has 6 heteroatoms. The van der Waals surface area contributed by atoms with Gasteiger partial charge in [-0.3, -0.25) is 0 Å². The Labute approximate surface area is 111 Å². The van der Waals surface area contributed by atoms with Crippen LogP contribution in [0.1, 0.15) is 32.1 Å². The average Bonchev–Trinajstić information content (AvgIpc) is 2.95. The zero-order valence-electron chi connectivity index (χ0n) is 10.3. The molecular formula is C12H19F3N2S. The Morgan fingerprint density at radius 3 is 2.56 bits per heavy atom. The molecule has 1 aliphatic carbocycles. The van der Waals surface area contributed by atoms with Gasteiger partial charge in [-0.2, -0.15) is 13.2 Å². The van der Waals surface area contributed by atoms with Crippen LogP contribution in [0.2, 0.25) is 0 Å². The molecule has 0 aromatic heterocycles. The molecule has 2 nitrogen and oxygen atoms in total. The second-order valence-electron chi connectivity index (χ2n) is 5.76. The van der Waals surface area contributed by atoms with Gasteiger partial charge in [0.15, 0.2) is 0 Å². The quantitative estimate of drug-likeness (QED) is 0.803. The Morgan fingerprint density at radius 2 is 2.06 bits per heavy atom. The van der Waals surface area contributed by atoms with Crippen molar-refractivity contribution in [3.8, 4) is 0 Å². The lowest BCUT2D eigenvalue weighted by Gasteiger charge is -2.35. The van der Waals surface area contributed by atoms with E-state index in [1.165, 1.54) is 0 Å². The number of nitrogens with zero attached hydrogens (tertiary/aromatic N) is 1. The van der Waals surface area contributed by atoms with Gasteiger partial charge < -0.3 is 10.6 Å². The van der Waals surface area contributed by atoms with E-state index in [1.54, 1.807) is 0 Å². The van der Waals surface area contributed by atoms with E-state index in [0.29, 0.717) is 17.8 Å². The number of halogens is 3. The van der Waals surface area contributed by atoms with Crippen LogP contribution >= 0.6 is 12.2 Å². The van der Waals surface area contributed by atoms with Gasteiger partial charge in [-0.25, -0.2) is 0 Å². The van der Waals surface area contributed by atoms with E-state index in [9.17, 15) is 13.2 Å². The molecule has 2 N–H and O–H groups in total. The lowest BCUT2D eigenvalue weighted by molar-refractivity contribution is -0.187. The normalized spacial score (nSPS) is 28.1. The van der Waals surface area contributed by atoms with Gasteiger partial charge in [0.25, 0.3) is 0 Å². The monoisotopic (exact) mass is 280 g/mol. The minimum Gasteiger partial charge on any atom is -0.393 e. The minimum absolute atomic E-state index is 0.0827. The number of piperidine rings is 1. The Balaban J connectivity index is 1.88. The van der Waals surface area contributed by atoms with Gasteiger partial charge in [0.2, 0.25) is 0 Å². The van der Waals surface area contributed by atoms with Gasteiger partial charge in [-0.05, 0) is 37.6 Å². The van der Waals surface area contributed by atoms with Crippen molar-refractivity contribution in [1.82, 2.24) is 4.90 Å². The molecule has 1 saturated carbocycles. The summed E-state index contributed by atoms with van der Waals surface area (Å²) in [5, 5.41) is 0. The molecule has 0 bridgehead atoms. The predicted octanol–water partition coefficient (Wildman–Crippen LogP) is 2.72. The van der Waals surface area contributed by atoms with E-state index < -0.39 is 12.1 Å². The van der Waals surface area contributed by atoms with Crippen LogP contribution in [-0.2, 0) is 0 Å². The molecular weight excluding hydrogens is 261 g/mol. The van der Waals surface area contributed by atoms with Gasteiger partial charge in [-0.15, -0.1) is 0 Å². The summed E-state index contributed by atoms with van der Waals surface area (Å²) in [5.41, 5.74) is 5.64. The fourth-order valence-electron chi connectivity index (χ4n) is 2.88. The number of thiocarbonyl (C=S) groups is 1. The lowest BCUT2D eigenvalue weighted by atomic mass is 9.94. The maximum Gasteiger partial charge on any atom is 0.393 e. The van der Waals surface area contributed by atoms with Crippen LogP contribution in [-0.4, -0.2) is 35.7 Å².